The Labute approximate surface area is 214 Å². The number of carbonyl (C=O) groups excluding carboxylic acids is 2. The molecule has 0 saturated carbocycles. The summed E-state index contributed by atoms with van der Waals surface area (Å²) in [5.74, 6) is -0.920. The van der Waals surface area contributed by atoms with Gasteiger partial charge in [-0.2, -0.15) is 4.98 Å². The third-order valence-corrected chi connectivity index (χ3v) is 8.43. The van der Waals surface area contributed by atoms with Crippen LogP contribution in [0.1, 0.15) is 23.6 Å². The molecule has 1 saturated heterocycles. The minimum Gasteiger partial charge on any atom is -0.392 e. The van der Waals surface area contributed by atoms with Crippen molar-refractivity contribution in [2.75, 3.05) is 37.8 Å². The van der Waals surface area contributed by atoms with E-state index in [9.17, 15) is 23.1 Å². The number of aliphatic hydroxyl groups excluding tert-OH is 1. The first-order valence-corrected chi connectivity index (χ1v) is 13.5. The van der Waals surface area contributed by atoms with Crippen molar-refractivity contribution >= 4 is 27.3 Å². The number of rotatable bonds is 7. The van der Waals surface area contributed by atoms with E-state index in [0.717, 1.165) is 17.7 Å². The first-order chi connectivity index (χ1) is 17.7. The number of β-amino-alcohol motifs (C(OH)–C–C–N with tert-alkyl or cyclic N) is 1. The third kappa shape index (κ3) is 5.41. The van der Waals surface area contributed by atoms with Crippen molar-refractivity contribution in [2.24, 2.45) is 0 Å². The molecule has 0 bridgehead atoms. The van der Waals surface area contributed by atoms with E-state index in [2.05, 4.69) is 20.4 Å². The van der Waals surface area contributed by atoms with Gasteiger partial charge in [-0.3, -0.25) is 14.5 Å². The summed E-state index contributed by atoms with van der Waals surface area (Å²) in [6.45, 7) is 1.78. The van der Waals surface area contributed by atoms with E-state index in [-0.39, 0.29) is 29.0 Å². The van der Waals surface area contributed by atoms with Gasteiger partial charge >= 0.3 is 0 Å². The summed E-state index contributed by atoms with van der Waals surface area (Å²) in [6.07, 6.45) is 1.56. The number of fused-ring (bicyclic) bond motifs is 1. The molecule has 12 heteroatoms. The summed E-state index contributed by atoms with van der Waals surface area (Å²) >= 11 is 0. The molecule has 5 rings (SSSR count). The Kier molecular flexibility index (Phi) is 6.80. The van der Waals surface area contributed by atoms with E-state index in [1.165, 1.54) is 12.5 Å². The second kappa shape index (κ2) is 10.0. The molecule has 3 heterocycles. The van der Waals surface area contributed by atoms with Crippen LogP contribution in [-0.4, -0.2) is 83.8 Å². The summed E-state index contributed by atoms with van der Waals surface area (Å²) in [4.78, 5) is 33.2. The van der Waals surface area contributed by atoms with Crippen molar-refractivity contribution in [1.82, 2.24) is 19.9 Å². The average Bonchev–Trinajstić information content (AvgIpc) is 3.53. The number of nitrogens with zero attached hydrogens (tertiary/aromatic N) is 4. The Morgan fingerprint density at radius 2 is 2.14 bits per heavy atom. The standard InChI is InChI=1S/C25H27N5O6S/c1-29(24(33)10-16-5-6-22-20(9-16)27-23(32)14-37(22,34)35)21(13-30-8-7-19(31)12-30)17-3-2-4-18(11-17)25-26-15-36-28-25/h2-6,9,11,15,19,21,31H,7-8,10,12-14H2,1H3,(H,27,32)/t19-,21+/m0/s1. The highest BCUT2D eigenvalue weighted by atomic mass is 32.2. The average molecular weight is 526 g/mol. The molecule has 37 heavy (non-hydrogen) atoms. The van der Waals surface area contributed by atoms with E-state index in [1.54, 1.807) is 24.1 Å². The SMILES string of the molecule is CN(C(=O)Cc1ccc2c(c1)NC(=O)CS2(=O)=O)[C@H](CN1CC[C@H](O)C1)c1cccc(-c2ncon2)c1. The number of likely N-dealkylation sites (N-methyl/N-ethyl adjacent to an activating group) is 1. The summed E-state index contributed by atoms with van der Waals surface area (Å²) in [5, 5.41) is 16.5. The van der Waals surface area contributed by atoms with Gasteiger partial charge in [0, 0.05) is 32.2 Å². The predicted octanol–water partition coefficient (Wildman–Crippen LogP) is 1.27. The smallest absolute Gasteiger partial charge is 0.239 e. The van der Waals surface area contributed by atoms with E-state index in [1.807, 2.05) is 24.3 Å². The zero-order chi connectivity index (χ0) is 26.2. The highest BCUT2D eigenvalue weighted by Crippen LogP contribution is 2.30. The fourth-order valence-corrected chi connectivity index (χ4v) is 6.12. The van der Waals surface area contributed by atoms with Crippen LogP contribution >= 0.6 is 0 Å². The summed E-state index contributed by atoms with van der Waals surface area (Å²) in [6, 6.07) is 11.8. The first kappa shape index (κ1) is 25.1. The number of benzene rings is 2. The van der Waals surface area contributed by atoms with Gasteiger partial charge in [0.25, 0.3) is 0 Å². The van der Waals surface area contributed by atoms with Crippen LogP contribution in [0.5, 0.6) is 0 Å². The van der Waals surface area contributed by atoms with Crippen LogP contribution in [0.15, 0.2) is 58.3 Å². The molecule has 3 aromatic rings. The highest BCUT2D eigenvalue weighted by molar-refractivity contribution is 7.92. The van der Waals surface area contributed by atoms with Gasteiger partial charge in [0.05, 0.1) is 29.1 Å². The Bertz CT molecular complexity index is 1430. The summed E-state index contributed by atoms with van der Waals surface area (Å²) < 4.78 is 29.5. The van der Waals surface area contributed by atoms with Crippen molar-refractivity contribution in [2.45, 2.75) is 29.9 Å². The Morgan fingerprint density at radius 3 is 2.86 bits per heavy atom. The van der Waals surface area contributed by atoms with Gasteiger partial charge in [0.15, 0.2) is 9.84 Å². The molecule has 2 N–H and O–H groups in total. The molecule has 0 radical (unpaired) electrons. The van der Waals surface area contributed by atoms with Gasteiger partial charge < -0.3 is 19.8 Å². The predicted molar refractivity (Wildman–Crippen MR) is 133 cm³/mol. The van der Waals surface area contributed by atoms with E-state index < -0.39 is 27.6 Å². The maximum atomic E-state index is 13.5. The largest absolute Gasteiger partial charge is 0.392 e. The molecular formula is C25H27N5O6S. The van der Waals surface area contributed by atoms with Crippen LogP contribution in [0.2, 0.25) is 0 Å². The quantitative estimate of drug-likeness (QED) is 0.466. The molecule has 2 aromatic carbocycles. The highest BCUT2D eigenvalue weighted by Gasteiger charge is 2.31. The molecule has 0 spiro atoms. The Hall–Kier alpha value is -3.61. The Balaban J connectivity index is 1.40. The third-order valence-electron chi connectivity index (χ3n) is 6.76. The summed E-state index contributed by atoms with van der Waals surface area (Å²) in [5.41, 5.74) is 2.41. The lowest BCUT2D eigenvalue weighted by Gasteiger charge is -2.32. The number of sulfone groups is 1. The van der Waals surface area contributed by atoms with Crippen LogP contribution in [0.25, 0.3) is 11.4 Å². The van der Waals surface area contributed by atoms with Gasteiger partial charge in [0.1, 0.15) is 5.75 Å². The maximum Gasteiger partial charge on any atom is 0.239 e. The molecule has 2 aliphatic heterocycles. The van der Waals surface area contributed by atoms with E-state index in [4.69, 9.17) is 4.52 Å². The molecule has 11 nitrogen and oxygen atoms in total. The number of amides is 2. The molecule has 1 aromatic heterocycles. The van der Waals surface area contributed by atoms with Gasteiger partial charge in [-0.05, 0) is 35.7 Å². The number of anilines is 1. The van der Waals surface area contributed by atoms with Crippen LogP contribution in [-0.2, 0) is 25.8 Å². The van der Waals surface area contributed by atoms with Crippen molar-refractivity contribution < 1.29 is 27.6 Å². The lowest BCUT2D eigenvalue weighted by molar-refractivity contribution is -0.131. The number of likely N-dealkylation sites (tertiary alicyclic amines) is 1. The van der Waals surface area contributed by atoms with E-state index >= 15 is 0 Å². The number of hydrogen-bond donors (Lipinski definition) is 2. The molecule has 2 aliphatic rings. The first-order valence-electron chi connectivity index (χ1n) is 11.9. The number of carbonyl (C=O) groups is 2. The van der Waals surface area contributed by atoms with Crippen molar-refractivity contribution in [3.63, 3.8) is 0 Å². The number of aliphatic hydroxyl groups is 1. The second-order valence-electron chi connectivity index (χ2n) is 9.42. The van der Waals surface area contributed by atoms with Crippen LogP contribution in [0.4, 0.5) is 5.69 Å². The van der Waals surface area contributed by atoms with Crippen LogP contribution in [0, 0.1) is 0 Å². The number of nitrogens with one attached hydrogen (secondary N) is 1. The fourth-order valence-electron chi connectivity index (χ4n) is 4.82. The normalized spacial score (nSPS) is 19.7. The van der Waals surface area contributed by atoms with E-state index in [0.29, 0.717) is 30.9 Å². The van der Waals surface area contributed by atoms with Gasteiger partial charge in [-0.15, -0.1) is 0 Å². The molecule has 2 atom stereocenters. The molecule has 0 unspecified atom stereocenters. The minimum absolute atomic E-state index is 0.0172. The monoisotopic (exact) mass is 525 g/mol. The van der Waals surface area contributed by atoms with Crippen molar-refractivity contribution in [3.05, 3.63) is 60.0 Å². The molecule has 194 valence electrons. The van der Waals surface area contributed by atoms with Gasteiger partial charge in [-0.1, -0.05) is 29.4 Å². The number of hydrogen-bond acceptors (Lipinski definition) is 9. The van der Waals surface area contributed by atoms with Crippen molar-refractivity contribution in [1.29, 1.82) is 0 Å². The molecular weight excluding hydrogens is 498 g/mol. The Morgan fingerprint density at radius 1 is 1.30 bits per heavy atom. The van der Waals surface area contributed by atoms with Crippen LogP contribution < -0.4 is 5.32 Å². The number of aromatic nitrogens is 2. The van der Waals surface area contributed by atoms with Crippen molar-refractivity contribution in [3.8, 4) is 11.4 Å². The maximum absolute atomic E-state index is 13.5. The fraction of sp³-hybridized carbons (Fsp3) is 0.360. The van der Waals surface area contributed by atoms with Gasteiger partial charge in [-0.25, -0.2) is 8.42 Å². The zero-order valence-electron chi connectivity index (χ0n) is 20.2. The van der Waals surface area contributed by atoms with Crippen LogP contribution in [0.3, 0.4) is 0 Å². The topological polar surface area (TPSA) is 146 Å². The summed E-state index contributed by atoms with van der Waals surface area (Å²) in [7, 11) is -1.97. The molecule has 2 amide bonds. The molecule has 1 fully saturated rings. The zero-order valence-corrected chi connectivity index (χ0v) is 21.0. The lowest BCUT2D eigenvalue weighted by Crippen LogP contribution is -2.39. The molecule has 0 aliphatic carbocycles. The van der Waals surface area contributed by atoms with Gasteiger partial charge in [0.2, 0.25) is 24.0 Å². The second-order valence-corrected chi connectivity index (χ2v) is 11.4. The lowest BCUT2D eigenvalue weighted by atomic mass is 10.0. The minimum atomic E-state index is -3.69.